The minimum atomic E-state index is -0.574. The van der Waals surface area contributed by atoms with Gasteiger partial charge in [-0.3, -0.25) is 14.9 Å². The summed E-state index contributed by atoms with van der Waals surface area (Å²) >= 11 is 3.47. The van der Waals surface area contributed by atoms with Crippen molar-refractivity contribution in [3.8, 4) is 11.5 Å². The second-order valence-corrected chi connectivity index (χ2v) is 12.0. The number of methoxy groups -OCH3 is 1. The molecule has 1 aliphatic carbocycles. The van der Waals surface area contributed by atoms with Crippen molar-refractivity contribution in [3.63, 3.8) is 0 Å². The van der Waals surface area contributed by atoms with Gasteiger partial charge in [-0.2, -0.15) is 11.8 Å². The normalized spacial score (nSPS) is 18.5. The number of hydrogen-bond acceptors (Lipinski definition) is 7. The van der Waals surface area contributed by atoms with Gasteiger partial charge in [-0.15, -0.1) is 11.8 Å². The van der Waals surface area contributed by atoms with Gasteiger partial charge in [-0.05, 0) is 47.8 Å². The summed E-state index contributed by atoms with van der Waals surface area (Å²) in [5.41, 5.74) is 1.96. The van der Waals surface area contributed by atoms with Crippen molar-refractivity contribution in [1.29, 1.82) is 0 Å². The van der Waals surface area contributed by atoms with Crippen molar-refractivity contribution in [2.45, 2.75) is 57.3 Å². The minimum absolute atomic E-state index is 0.102. The van der Waals surface area contributed by atoms with Gasteiger partial charge in [-0.25, -0.2) is 0 Å². The standard InChI is InChI=1S/C29H39N3O4S2/c1-35-26-13-12-23(14-27(26)36-16-21-8-4-2-5-9-21)15-30-28(33)25(32-29(34)24-18-38-20-31-24)19-37-17-22-10-6-3-7-11-22/h2,4-5,8-9,12-14,22,24-25,31H,3,6-7,10-11,15-20H2,1H3,(H,30,33)(H,32,34)/t24-,25-/m0/s1. The third kappa shape index (κ3) is 8.85. The van der Waals surface area contributed by atoms with Gasteiger partial charge in [0, 0.05) is 23.9 Å². The van der Waals surface area contributed by atoms with Gasteiger partial charge in [-0.1, -0.05) is 55.7 Å². The molecule has 0 unspecified atom stereocenters. The van der Waals surface area contributed by atoms with Crippen molar-refractivity contribution in [2.75, 3.05) is 30.2 Å². The number of amides is 2. The van der Waals surface area contributed by atoms with E-state index in [0.717, 1.165) is 34.4 Å². The molecule has 1 aliphatic heterocycles. The first-order chi connectivity index (χ1) is 18.6. The summed E-state index contributed by atoms with van der Waals surface area (Å²) in [5, 5.41) is 9.24. The summed E-state index contributed by atoms with van der Waals surface area (Å²) in [5.74, 6) is 4.82. The topological polar surface area (TPSA) is 88.7 Å². The first-order valence-corrected chi connectivity index (χ1v) is 15.7. The average Bonchev–Trinajstić information content (AvgIpc) is 3.51. The first-order valence-electron chi connectivity index (χ1n) is 13.4. The summed E-state index contributed by atoms with van der Waals surface area (Å²) in [4.78, 5) is 26.0. The molecule has 0 aromatic heterocycles. The highest BCUT2D eigenvalue weighted by Gasteiger charge is 2.28. The zero-order valence-electron chi connectivity index (χ0n) is 22.1. The van der Waals surface area contributed by atoms with Crippen LogP contribution in [0.3, 0.4) is 0 Å². The van der Waals surface area contributed by atoms with E-state index in [2.05, 4.69) is 16.0 Å². The summed E-state index contributed by atoms with van der Waals surface area (Å²) in [6.07, 6.45) is 6.47. The first kappa shape index (κ1) is 28.6. The lowest BCUT2D eigenvalue weighted by Crippen LogP contribution is -2.53. The van der Waals surface area contributed by atoms with Crippen molar-refractivity contribution in [1.82, 2.24) is 16.0 Å². The second kappa shape index (κ2) is 15.3. The van der Waals surface area contributed by atoms with Gasteiger partial charge in [0.05, 0.1) is 13.2 Å². The molecule has 206 valence electrons. The molecule has 1 saturated heterocycles. The highest BCUT2D eigenvalue weighted by Crippen LogP contribution is 2.29. The molecule has 3 N–H and O–H groups in total. The fourth-order valence-corrected chi connectivity index (χ4v) is 6.93. The lowest BCUT2D eigenvalue weighted by molar-refractivity contribution is -0.129. The number of nitrogens with one attached hydrogen (secondary N) is 3. The van der Waals surface area contributed by atoms with Crippen LogP contribution in [0.2, 0.25) is 0 Å². The Balaban J connectivity index is 1.34. The Morgan fingerprint density at radius 2 is 1.89 bits per heavy atom. The van der Waals surface area contributed by atoms with E-state index in [9.17, 15) is 9.59 Å². The van der Waals surface area contributed by atoms with E-state index in [1.165, 1.54) is 32.1 Å². The lowest BCUT2D eigenvalue weighted by Gasteiger charge is -2.23. The number of benzene rings is 2. The molecule has 2 atom stereocenters. The number of carbonyl (C=O) groups is 2. The zero-order chi connectivity index (χ0) is 26.6. The molecular weight excluding hydrogens is 518 g/mol. The van der Waals surface area contributed by atoms with Crippen LogP contribution >= 0.6 is 23.5 Å². The molecule has 2 aromatic carbocycles. The molecule has 0 bridgehead atoms. The number of carbonyl (C=O) groups excluding carboxylic acids is 2. The van der Waals surface area contributed by atoms with Crippen LogP contribution in [-0.4, -0.2) is 54.1 Å². The van der Waals surface area contributed by atoms with Crippen molar-refractivity contribution >= 4 is 35.3 Å². The highest BCUT2D eigenvalue weighted by molar-refractivity contribution is 7.99. The Hall–Kier alpha value is -2.36. The van der Waals surface area contributed by atoms with Crippen LogP contribution in [-0.2, 0) is 22.7 Å². The van der Waals surface area contributed by atoms with E-state index in [1.54, 1.807) is 30.6 Å². The molecule has 2 aliphatic rings. The molecule has 0 radical (unpaired) electrons. The van der Waals surface area contributed by atoms with E-state index in [-0.39, 0.29) is 17.9 Å². The molecule has 38 heavy (non-hydrogen) atoms. The van der Waals surface area contributed by atoms with Crippen LogP contribution in [0.1, 0.15) is 43.2 Å². The maximum absolute atomic E-state index is 13.2. The third-order valence-electron chi connectivity index (χ3n) is 6.96. The number of rotatable bonds is 13. The van der Waals surface area contributed by atoms with Crippen molar-refractivity contribution in [3.05, 3.63) is 59.7 Å². The van der Waals surface area contributed by atoms with Gasteiger partial charge in [0.2, 0.25) is 11.8 Å². The molecule has 2 aromatic rings. The van der Waals surface area contributed by atoms with Crippen molar-refractivity contribution in [2.24, 2.45) is 5.92 Å². The van der Waals surface area contributed by atoms with Gasteiger partial charge < -0.3 is 20.1 Å². The van der Waals surface area contributed by atoms with Crippen molar-refractivity contribution < 1.29 is 19.1 Å². The molecule has 7 nitrogen and oxygen atoms in total. The predicted molar refractivity (Wildman–Crippen MR) is 156 cm³/mol. The summed E-state index contributed by atoms with van der Waals surface area (Å²) in [6, 6.07) is 14.8. The van der Waals surface area contributed by atoms with Gasteiger partial charge in [0.25, 0.3) is 0 Å². The minimum Gasteiger partial charge on any atom is -0.493 e. The molecule has 4 rings (SSSR count). The Kier molecular flexibility index (Phi) is 11.5. The Bertz CT molecular complexity index is 1030. The van der Waals surface area contributed by atoms with E-state index < -0.39 is 6.04 Å². The second-order valence-electron chi connectivity index (χ2n) is 9.85. The summed E-state index contributed by atoms with van der Waals surface area (Å²) in [6.45, 7) is 0.758. The summed E-state index contributed by atoms with van der Waals surface area (Å²) < 4.78 is 11.5. The lowest BCUT2D eigenvalue weighted by atomic mass is 9.91. The molecular formula is C29H39N3O4S2. The third-order valence-corrected chi connectivity index (χ3v) is 9.18. The van der Waals surface area contributed by atoms with Crippen LogP contribution in [0.4, 0.5) is 0 Å². The fraction of sp³-hybridized carbons (Fsp3) is 0.517. The molecule has 1 saturated carbocycles. The van der Waals surface area contributed by atoms with Crippen LogP contribution in [0, 0.1) is 5.92 Å². The highest BCUT2D eigenvalue weighted by atomic mass is 32.2. The van der Waals surface area contributed by atoms with Crippen LogP contribution in [0.15, 0.2) is 48.5 Å². The van der Waals surface area contributed by atoms with Crippen LogP contribution < -0.4 is 25.4 Å². The fourth-order valence-electron chi connectivity index (χ4n) is 4.72. The molecule has 2 amide bonds. The smallest absolute Gasteiger partial charge is 0.243 e. The Morgan fingerprint density at radius 3 is 2.63 bits per heavy atom. The Morgan fingerprint density at radius 1 is 1.08 bits per heavy atom. The SMILES string of the molecule is COc1ccc(CNC(=O)[C@H](CSCC2CCCCC2)NC(=O)[C@@H]2CSCN2)cc1OCc1ccccc1. The molecule has 1 heterocycles. The zero-order valence-corrected chi connectivity index (χ0v) is 23.7. The van der Waals surface area contributed by atoms with Gasteiger partial charge >= 0.3 is 0 Å². The van der Waals surface area contributed by atoms with Crippen LogP contribution in [0.25, 0.3) is 0 Å². The Labute approximate surface area is 234 Å². The maximum Gasteiger partial charge on any atom is 0.243 e. The monoisotopic (exact) mass is 557 g/mol. The molecule has 0 spiro atoms. The van der Waals surface area contributed by atoms with E-state index in [0.29, 0.717) is 30.4 Å². The predicted octanol–water partition coefficient (Wildman–Crippen LogP) is 4.35. The van der Waals surface area contributed by atoms with E-state index in [4.69, 9.17) is 9.47 Å². The van der Waals surface area contributed by atoms with Crippen LogP contribution in [0.5, 0.6) is 11.5 Å². The number of hydrogen-bond donors (Lipinski definition) is 3. The molecule has 9 heteroatoms. The number of ether oxygens (including phenoxy) is 2. The van der Waals surface area contributed by atoms with Gasteiger partial charge in [0.1, 0.15) is 12.6 Å². The number of thioether (sulfide) groups is 2. The summed E-state index contributed by atoms with van der Waals surface area (Å²) in [7, 11) is 1.61. The molecule has 2 fully saturated rings. The quantitative estimate of drug-likeness (QED) is 0.337. The largest absolute Gasteiger partial charge is 0.493 e. The van der Waals surface area contributed by atoms with Gasteiger partial charge in [0.15, 0.2) is 11.5 Å². The average molecular weight is 558 g/mol. The van der Waals surface area contributed by atoms with E-state index in [1.807, 2.05) is 48.5 Å². The van der Waals surface area contributed by atoms with E-state index >= 15 is 0 Å². The maximum atomic E-state index is 13.2.